The molecule has 0 bridgehead atoms. The molecule has 2 amide bonds. The number of piperidine rings is 1. The molecule has 2 aliphatic rings. The monoisotopic (exact) mass is 344 g/mol. The Hall–Kier alpha value is -2.04. The van der Waals surface area contributed by atoms with Gasteiger partial charge in [0, 0.05) is 32.6 Å². The lowest BCUT2D eigenvalue weighted by atomic mass is 9.98. The lowest BCUT2D eigenvalue weighted by Gasteiger charge is -2.32. The smallest absolute Gasteiger partial charge is 0.228 e. The lowest BCUT2D eigenvalue weighted by Crippen LogP contribution is -2.43. The van der Waals surface area contributed by atoms with Gasteiger partial charge in [0.25, 0.3) is 0 Å². The molecule has 2 unspecified atom stereocenters. The van der Waals surface area contributed by atoms with Crippen LogP contribution >= 0.6 is 0 Å². The molecule has 0 N–H and O–H groups in total. The van der Waals surface area contributed by atoms with Crippen LogP contribution in [0.5, 0.6) is 5.75 Å². The Bertz CT molecular complexity index is 631. The first-order chi connectivity index (χ1) is 12.1. The van der Waals surface area contributed by atoms with Crippen LogP contribution in [0.25, 0.3) is 0 Å². The average Bonchev–Trinajstić information content (AvgIpc) is 3.00. The van der Waals surface area contributed by atoms with Crippen molar-refractivity contribution in [2.75, 3.05) is 33.3 Å². The molecule has 1 aromatic rings. The van der Waals surface area contributed by atoms with E-state index in [2.05, 4.69) is 6.92 Å². The third kappa shape index (κ3) is 4.33. The molecule has 2 aliphatic heterocycles. The second kappa shape index (κ2) is 7.89. The molecule has 0 saturated carbocycles. The number of hydrogen-bond donors (Lipinski definition) is 0. The van der Waals surface area contributed by atoms with Crippen molar-refractivity contribution in [1.29, 1.82) is 0 Å². The van der Waals surface area contributed by atoms with Crippen molar-refractivity contribution in [3.8, 4) is 5.75 Å². The second-order valence-electron chi connectivity index (χ2n) is 7.37. The van der Waals surface area contributed by atoms with Crippen LogP contribution in [-0.4, -0.2) is 54.9 Å². The normalized spacial score (nSPS) is 23.8. The fourth-order valence-corrected chi connectivity index (χ4v) is 3.89. The third-order valence-corrected chi connectivity index (χ3v) is 5.34. The number of rotatable bonds is 5. The first-order valence-corrected chi connectivity index (χ1v) is 9.26. The Morgan fingerprint density at radius 3 is 2.92 bits per heavy atom. The molecule has 5 heteroatoms. The summed E-state index contributed by atoms with van der Waals surface area (Å²) < 4.78 is 5.24. The number of amides is 2. The number of carbonyl (C=O) groups is 2. The fraction of sp³-hybridized carbons (Fsp3) is 0.600. The van der Waals surface area contributed by atoms with E-state index in [-0.39, 0.29) is 17.7 Å². The molecule has 2 saturated heterocycles. The molecule has 1 aromatic carbocycles. The molecule has 3 rings (SSSR count). The largest absolute Gasteiger partial charge is 0.497 e. The first-order valence-electron chi connectivity index (χ1n) is 9.26. The van der Waals surface area contributed by atoms with E-state index in [1.165, 1.54) is 6.42 Å². The zero-order valence-corrected chi connectivity index (χ0v) is 15.2. The van der Waals surface area contributed by atoms with Gasteiger partial charge in [-0.1, -0.05) is 19.1 Å². The summed E-state index contributed by atoms with van der Waals surface area (Å²) in [4.78, 5) is 28.8. The summed E-state index contributed by atoms with van der Waals surface area (Å²) in [6, 6.07) is 7.92. The zero-order valence-electron chi connectivity index (χ0n) is 15.2. The number of benzene rings is 1. The van der Waals surface area contributed by atoms with Crippen molar-refractivity contribution in [2.45, 2.75) is 32.6 Å². The van der Waals surface area contributed by atoms with Crippen molar-refractivity contribution in [2.24, 2.45) is 11.8 Å². The molecular formula is C20H28N2O3. The molecule has 2 atom stereocenters. The zero-order chi connectivity index (χ0) is 17.8. The highest BCUT2D eigenvalue weighted by molar-refractivity contribution is 5.89. The van der Waals surface area contributed by atoms with E-state index in [4.69, 9.17) is 4.74 Å². The van der Waals surface area contributed by atoms with Gasteiger partial charge in [0.2, 0.25) is 11.8 Å². The van der Waals surface area contributed by atoms with Gasteiger partial charge >= 0.3 is 0 Å². The average molecular weight is 344 g/mol. The van der Waals surface area contributed by atoms with Gasteiger partial charge in [0.05, 0.1) is 13.0 Å². The number of ether oxygens (including phenoxy) is 1. The molecule has 0 aliphatic carbocycles. The maximum absolute atomic E-state index is 12.7. The van der Waals surface area contributed by atoms with Gasteiger partial charge in [-0.05, 0) is 42.9 Å². The highest BCUT2D eigenvalue weighted by Crippen LogP contribution is 2.24. The summed E-state index contributed by atoms with van der Waals surface area (Å²) in [5, 5.41) is 0. The SMILES string of the molecule is COc1cccc(CCN2CC(C(=O)N3CCCC(C)C3)CC2=O)c1. The Labute approximate surface area is 149 Å². The topological polar surface area (TPSA) is 49.9 Å². The van der Waals surface area contributed by atoms with E-state index < -0.39 is 0 Å². The quantitative estimate of drug-likeness (QED) is 0.824. The fourth-order valence-electron chi connectivity index (χ4n) is 3.89. The van der Waals surface area contributed by atoms with Crippen LogP contribution in [0, 0.1) is 11.8 Å². The maximum Gasteiger partial charge on any atom is 0.228 e. The summed E-state index contributed by atoms with van der Waals surface area (Å²) in [5.74, 6) is 1.51. The molecular weight excluding hydrogens is 316 g/mol. The summed E-state index contributed by atoms with van der Waals surface area (Å²) in [6.45, 7) is 5.10. The van der Waals surface area contributed by atoms with E-state index in [9.17, 15) is 9.59 Å². The minimum Gasteiger partial charge on any atom is -0.497 e. The lowest BCUT2D eigenvalue weighted by molar-refractivity contribution is -0.137. The van der Waals surface area contributed by atoms with Crippen LogP contribution in [0.1, 0.15) is 31.7 Å². The van der Waals surface area contributed by atoms with Crippen molar-refractivity contribution >= 4 is 11.8 Å². The Morgan fingerprint density at radius 2 is 2.16 bits per heavy atom. The molecule has 2 heterocycles. The van der Waals surface area contributed by atoms with Gasteiger partial charge in [0.1, 0.15) is 5.75 Å². The molecule has 0 radical (unpaired) electrons. The van der Waals surface area contributed by atoms with Crippen molar-refractivity contribution in [1.82, 2.24) is 9.80 Å². The Kier molecular flexibility index (Phi) is 5.61. The Balaban J connectivity index is 1.54. The van der Waals surface area contributed by atoms with Gasteiger partial charge in [-0.3, -0.25) is 9.59 Å². The Morgan fingerprint density at radius 1 is 1.32 bits per heavy atom. The van der Waals surface area contributed by atoms with Crippen molar-refractivity contribution < 1.29 is 14.3 Å². The van der Waals surface area contributed by atoms with Crippen molar-refractivity contribution in [3.05, 3.63) is 29.8 Å². The number of carbonyl (C=O) groups excluding carboxylic acids is 2. The minimum absolute atomic E-state index is 0.103. The molecule has 5 nitrogen and oxygen atoms in total. The predicted molar refractivity (Wildman–Crippen MR) is 96.4 cm³/mol. The van der Waals surface area contributed by atoms with Crippen LogP contribution < -0.4 is 4.74 Å². The van der Waals surface area contributed by atoms with Gasteiger partial charge in [0.15, 0.2) is 0 Å². The summed E-state index contributed by atoms with van der Waals surface area (Å²) >= 11 is 0. The highest BCUT2D eigenvalue weighted by Gasteiger charge is 2.37. The van der Waals surface area contributed by atoms with Gasteiger partial charge in [-0.2, -0.15) is 0 Å². The van der Waals surface area contributed by atoms with E-state index in [0.29, 0.717) is 25.4 Å². The minimum atomic E-state index is -0.164. The third-order valence-electron chi connectivity index (χ3n) is 5.34. The van der Waals surface area contributed by atoms with Crippen LogP contribution in [-0.2, 0) is 16.0 Å². The number of likely N-dealkylation sites (tertiary alicyclic amines) is 2. The van der Waals surface area contributed by atoms with E-state index in [1.807, 2.05) is 34.1 Å². The molecule has 136 valence electrons. The van der Waals surface area contributed by atoms with Crippen molar-refractivity contribution in [3.63, 3.8) is 0 Å². The summed E-state index contributed by atoms with van der Waals surface area (Å²) in [6.07, 6.45) is 3.42. The number of hydrogen-bond acceptors (Lipinski definition) is 3. The predicted octanol–water partition coefficient (Wildman–Crippen LogP) is 2.34. The molecule has 25 heavy (non-hydrogen) atoms. The number of methoxy groups -OCH3 is 1. The van der Waals surface area contributed by atoms with E-state index in [0.717, 1.165) is 37.2 Å². The summed E-state index contributed by atoms with van der Waals surface area (Å²) in [5.41, 5.74) is 1.15. The number of nitrogens with zero attached hydrogens (tertiary/aromatic N) is 2. The molecule has 0 spiro atoms. The van der Waals surface area contributed by atoms with Crippen LogP contribution in [0.4, 0.5) is 0 Å². The van der Waals surface area contributed by atoms with Crippen LogP contribution in [0.3, 0.4) is 0 Å². The van der Waals surface area contributed by atoms with Gasteiger partial charge in [-0.15, -0.1) is 0 Å². The second-order valence-corrected chi connectivity index (χ2v) is 7.37. The van der Waals surface area contributed by atoms with Crippen LogP contribution in [0.2, 0.25) is 0 Å². The standard InChI is InChI=1S/C20H28N2O3/c1-15-5-4-9-22(13-15)20(24)17-12-19(23)21(14-17)10-8-16-6-3-7-18(11-16)25-2/h3,6-7,11,15,17H,4-5,8-10,12-14H2,1-2H3. The van der Waals surface area contributed by atoms with Crippen LogP contribution in [0.15, 0.2) is 24.3 Å². The maximum atomic E-state index is 12.7. The molecule has 2 fully saturated rings. The van der Waals surface area contributed by atoms with E-state index in [1.54, 1.807) is 7.11 Å². The highest BCUT2D eigenvalue weighted by atomic mass is 16.5. The first kappa shape index (κ1) is 17.8. The van der Waals surface area contributed by atoms with Gasteiger partial charge in [-0.25, -0.2) is 0 Å². The van der Waals surface area contributed by atoms with Gasteiger partial charge < -0.3 is 14.5 Å². The van der Waals surface area contributed by atoms with E-state index >= 15 is 0 Å². The summed E-state index contributed by atoms with van der Waals surface area (Å²) in [7, 11) is 1.65. The molecule has 0 aromatic heterocycles.